The number of nitrogens with one attached hydrogen (secondary N) is 1. The van der Waals surface area contributed by atoms with E-state index in [-0.39, 0.29) is 6.10 Å². The minimum Gasteiger partial charge on any atom is -0.487 e. The molecule has 1 aromatic carbocycles. The Kier molecular flexibility index (Phi) is 1.46. The van der Waals surface area contributed by atoms with Gasteiger partial charge in [0.15, 0.2) is 0 Å². The van der Waals surface area contributed by atoms with Crippen molar-refractivity contribution in [3.05, 3.63) is 24.3 Å². The van der Waals surface area contributed by atoms with E-state index in [0.29, 0.717) is 0 Å². The van der Waals surface area contributed by atoms with E-state index in [9.17, 15) is 0 Å². The third kappa shape index (κ3) is 1.16. The Morgan fingerprint density at radius 1 is 1.45 bits per heavy atom. The molecular formula is C9H11NO. The second-order valence-electron chi connectivity index (χ2n) is 2.81. The van der Waals surface area contributed by atoms with Crippen LogP contribution in [-0.2, 0) is 0 Å². The average Bonchev–Trinajstić information content (AvgIpc) is 2.04. The fourth-order valence-corrected chi connectivity index (χ4v) is 1.23. The van der Waals surface area contributed by atoms with E-state index in [4.69, 9.17) is 4.74 Å². The molecule has 0 saturated heterocycles. The Morgan fingerprint density at radius 3 is 3.18 bits per heavy atom. The summed E-state index contributed by atoms with van der Waals surface area (Å²) in [5.74, 6) is 0.964. The lowest BCUT2D eigenvalue weighted by Gasteiger charge is -2.24. The van der Waals surface area contributed by atoms with Crippen LogP contribution in [0.25, 0.3) is 0 Å². The van der Waals surface area contributed by atoms with Crippen molar-refractivity contribution in [2.45, 2.75) is 13.0 Å². The quantitative estimate of drug-likeness (QED) is 0.608. The largest absolute Gasteiger partial charge is 0.487 e. The minimum atomic E-state index is 0.282. The predicted octanol–water partition coefficient (Wildman–Crippen LogP) is 1.88. The van der Waals surface area contributed by atoms with E-state index in [0.717, 1.165) is 18.0 Å². The predicted molar refractivity (Wildman–Crippen MR) is 45.0 cm³/mol. The third-order valence-corrected chi connectivity index (χ3v) is 1.80. The Bertz CT molecular complexity index is 259. The lowest BCUT2D eigenvalue weighted by atomic mass is 10.2. The molecule has 1 N–H and O–H groups in total. The molecule has 1 aliphatic rings. The van der Waals surface area contributed by atoms with Gasteiger partial charge in [-0.15, -0.1) is 0 Å². The molecule has 2 heteroatoms. The zero-order valence-electron chi connectivity index (χ0n) is 6.50. The topological polar surface area (TPSA) is 21.3 Å². The maximum Gasteiger partial charge on any atom is 0.142 e. The van der Waals surface area contributed by atoms with Crippen molar-refractivity contribution in [2.75, 3.05) is 11.9 Å². The molecule has 58 valence electrons. The number of hydrogen-bond donors (Lipinski definition) is 1. The van der Waals surface area contributed by atoms with Crippen LogP contribution >= 0.6 is 0 Å². The van der Waals surface area contributed by atoms with Gasteiger partial charge in [0.25, 0.3) is 0 Å². The summed E-state index contributed by atoms with van der Waals surface area (Å²) in [6.07, 6.45) is 0.282. The minimum absolute atomic E-state index is 0.282. The summed E-state index contributed by atoms with van der Waals surface area (Å²) >= 11 is 0. The number of para-hydroxylation sites is 2. The van der Waals surface area contributed by atoms with Crippen molar-refractivity contribution in [1.29, 1.82) is 0 Å². The number of rotatable bonds is 0. The standard InChI is InChI=1S/C9H11NO/c1-7-6-10-8-4-2-3-5-9(8)11-7/h2-5,7,10H,6H2,1H3. The van der Waals surface area contributed by atoms with E-state index in [2.05, 4.69) is 12.2 Å². The van der Waals surface area contributed by atoms with Gasteiger partial charge < -0.3 is 10.1 Å². The molecule has 0 amide bonds. The van der Waals surface area contributed by atoms with Crippen LogP contribution in [0.3, 0.4) is 0 Å². The SMILES string of the molecule is CC1CNc2ccccc2O1. The van der Waals surface area contributed by atoms with Crippen molar-refractivity contribution in [3.8, 4) is 5.75 Å². The molecule has 1 heterocycles. The number of fused-ring (bicyclic) bond motifs is 1. The van der Waals surface area contributed by atoms with Gasteiger partial charge in [0.1, 0.15) is 11.9 Å². The molecule has 0 spiro atoms. The molecule has 0 bridgehead atoms. The number of ether oxygens (including phenoxy) is 1. The average molecular weight is 149 g/mol. The van der Waals surface area contributed by atoms with E-state index >= 15 is 0 Å². The van der Waals surface area contributed by atoms with Gasteiger partial charge in [-0.3, -0.25) is 0 Å². The molecule has 1 aromatic rings. The first kappa shape index (κ1) is 6.53. The molecule has 1 unspecified atom stereocenters. The molecule has 0 fully saturated rings. The summed E-state index contributed by atoms with van der Waals surface area (Å²) < 4.78 is 5.57. The summed E-state index contributed by atoms with van der Waals surface area (Å²) in [5, 5.41) is 3.29. The first-order chi connectivity index (χ1) is 5.36. The second-order valence-corrected chi connectivity index (χ2v) is 2.81. The molecule has 0 radical (unpaired) electrons. The Morgan fingerprint density at radius 2 is 2.27 bits per heavy atom. The molecule has 0 aliphatic carbocycles. The number of benzene rings is 1. The summed E-state index contributed by atoms with van der Waals surface area (Å²) in [4.78, 5) is 0. The maximum absolute atomic E-state index is 5.57. The molecule has 2 nitrogen and oxygen atoms in total. The van der Waals surface area contributed by atoms with Gasteiger partial charge in [0.2, 0.25) is 0 Å². The van der Waals surface area contributed by atoms with Gasteiger partial charge in [-0.2, -0.15) is 0 Å². The molecule has 0 saturated carbocycles. The fourth-order valence-electron chi connectivity index (χ4n) is 1.23. The van der Waals surface area contributed by atoms with Crippen molar-refractivity contribution in [3.63, 3.8) is 0 Å². The van der Waals surface area contributed by atoms with Gasteiger partial charge in [0, 0.05) is 0 Å². The van der Waals surface area contributed by atoms with Crippen LogP contribution in [0.4, 0.5) is 5.69 Å². The van der Waals surface area contributed by atoms with Crippen molar-refractivity contribution < 1.29 is 4.74 Å². The Labute approximate surface area is 66.2 Å². The molecule has 1 aliphatic heterocycles. The van der Waals surface area contributed by atoms with Crippen LogP contribution in [0.15, 0.2) is 24.3 Å². The second kappa shape index (κ2) is 2.46. The third-order valence-electron chi connectivity index (χ3n) is 1.80. The number of anilines is 1. The van der Waals surface area contributed by atoms with Gasteiger partial charge >= 0.3 is 0 Å². The van der Waals surface area contributed by atoms with Crippen molar-refractivity contribution >= 4 is 5.69 Å². The van der Waals surface area contributed by atoms with Gasteiger partial charge in [0.05, 0.1) is 12.2 Å². The van der Waals surface area contributed by atoms with Crippen LogP contribution in [0.2, 0.25) is 0 Å². The Balaban J connectivity index is 2.34. The molecule has 1 atom stereocenters. The zero-order chi connectivity index (χ0) is 7.68. The number of hydrogen-bond acceptors (Lipinski definition) is 2. The normalized spacial score (nSPS) is 21.4. The first-order valence-corrected chi connectivity index (χ1v) is 3.86. The van der Waals surface area contributed by atoms with Gasteiger partial charge in [-0.1, -0.05) is 12.1 Å². The van der Waals surface area contributed by atoms with Crippen LogP contribution in [0.1, 0.15) is 6.92 Å². The fraction of sp³-hybridized carbons (Fsp3) is 0.333. The maximum atomic E-state index is 5.57. The lowest BCUT2D eigenvalue weighted by Crippen LogP contribution is -2.27. The molecule has 11 heavy (non-hydrogen) atoms. The smallest absolute Gasteiger partial charge is 0.142 e. The van der Waals surface area contributed by atoms with E-state index in [1.165, 1.54) is 0 Å². The summed E-state index contributed by atoms with van der Waals surface area (Å²) in [5.41, 5.74) is 1.10. The highest BCUT2D eigenvalue weighted by atomic mass is 16.5. The lowest BCUT2D eigenvalue weighted by molar-refractivity contribution is 0.226. The summed E-state index contributed by atoms with van der Waals surface area (Å²) in [6, 6.07) is 8.00. The first-order valence-electron chi connectivity index (χ1n) is 3.86. The van der Waals surface area contributed by atoms with Crippen molar-refractivity contribution in [2.24, 2.45) is 0 Å². The van der Waals surface area contributed by atoms with Crippen molar-refractivity contribution in [1.82, 2.24) is 0 Å². The van der Waals surface area contributed by atoms with Crippen LogP contribution in [-0.4, -0.2) is 12.6 Å². The molecule has 0 aromatic heterocycles. The van der Waals surface area contributed by atoms with Crippen LogP contribution < -0.4 is 10.1 Å². The van der Waals surface area contributed by atoms with Crippen LogP contribution in [0.5, 0.6) is 5.75 Å². The van der Waals surface area contributed by atoms with Crippen LogP contribution in [0, 0.1) is 0 Å². The van der Waals surface area contributed by atoms with Gasteiger partial charge in [-0.25, -0.2) is 0 Å². The molecular weight excluding hydrogens is 138 g/mol. The highest BCUT2D eigenvalue weighted by molar-refractivity contribution is 5.57. The zero-order valence-corrected chi connectivity index (χ0v) is 6.50. The Hall–Kier alpha value is -1.18. The van der Waals surface area contributed by atoms with E-state index in [1.54, 1.807) is 0 Å². The monoisotopic (exact) mass is 149 g/mol. The molecule has 2 rings (SSSR count). The summed E-state index contributed by atoms with van der Waals surface area (Å²) in [6.45, 7) is 2.96. The highest BCUT2D eigenvalue weighted by Crippen LogP contribution is 2.27. The summed E-state index contributed by atoms with van der Waals surface area (Å²) in [7, 11) is 0. The van der Waals surface area contributed by atoms with Gasteiger partial charge in [-0.05, 0) is 19.1 Å². The van der Waals surface area contributed by atoms with E-state index in [1.807, 2.05) is 24.3 Å². The highest BCUT2D eigenvalue weighted by Gasteiger charge is 2.13. The van der Waals surface area contributed by atoms with E-state index < -0.39 is 0 Å².